The molecule has 3 nitrogen and oxygen atoms in total. The smallest absolute Gasteiger partial charge is 0.0594 e. The van der Waals surface area contributed by atoms with Gasteiger partial charge in [-0.1, -0.05) is 6.92 Å². The second-order valence-electron chi connectivity index (χ2n) is 3.97. The molecule has 13 heavy (non-hydrogen) atoms. The highest BCUT2D eigenvalue weighted by atomic mass is 16.5. The average Bonchev–Trinajstić information content (AvgIpc) is 2.67. The van der Waals surface area contributed by atoms with Crippen molar-refractivity contribution in [3.8, 4) is 0 Å². The van der Waals surface area contributed by atoms with Gasteiger partial charge < -0.3 is 10.1 Å². The van der Waals surface area contributed by atoms with E-state index in [0.717, 1.165) is 38.4 Å². The molecule has 2 aliphatic heterocycles. The summed E-state index contributed by atoms with van der Waals surface area (Å²) in [6.07, 6.45) is 2.57. The van der Waals surface area contributed by atoms with Gasteiger partial charge in [0.25, 0.3) is 0 Å². The molecule has 2 aliphatic rings. The standard InChI is InChI=1S/C10H20N2O/c1-2-9-10(3-4-11-9)12-5-7-13-8-6-12/h9-11H,2-8H2,1H3/t9-,10-/m0/s1. The average molecular weight is 184 g/mol. The van der Waals surface area contributed by atoms with Crippen molar-refractivity contribution < 1.29 is 4.74 Å². The molecular formula is C10H20N2O. The molecule has 0 amide bonds. The van der Waals surface area contributed by atoms with Crippen molar-refractivity contribution in [2.45, 2.75) is 31.8 Å². The Hall–Kier alpha value is -0.120. The second kappa shape index (κ2) is 4.40. The Kier molecular flexibility index (Phi) is 3.19. The molecule has 0 unspecified atom stereocenters. The zero-order chi connectivity index (χ0) is 9.10. The monoisotopic (exact) mass is 184 g/mol. The van der Waals surface area contributed by atoms with Gasteiger partial charge in [-0.3, -0.25) is 4.90 Å². The van der Waals surface area contributed by atoms with Gasteiger partial charge >= 0.3 is 0 Å². The van der Waals surface area contributed by atoms with Gasteiger partial charge in [-0.15, -0.1) is 0 Å². The van der Waals surface area contributed by atoms with Crippen molar-refractivity contribution in [3.63, 3.8) is 0 Å². The molecule has 3 heteroatoms. The number of hydrogen-bond acceptors (Lipinski definition) is 3. The first kappa shape index (κ1) is 9.44. The van der Waals surface area contributed by atoms with Crippen molar-refractivity contribution in [1.82, 2.24) is 10.2 Å². The first-order valence-electron chi connectivity index (χ1n) is 5.47. The fraction of sp³-hybridized carbons (Fsp3) is 1.00. The summed E-state index contributed by atoms with van der Waals surface area (Å²) in [4.78, 5) is 2.59. The molecule has 0 aromatic rings. The lowest BCUT2D eigenvalue weighted by Gasteiger charge is -2.34. The minimum atomic E-state index is 0.720. The van der Waals surface area contributed by atoms with Crippen LogP contribution in [0.25, 0.3) is 0 Å². The predicted octanol–water partition coefficient (Wildman–Crippen LogP) is 0.459. The van der Waals surface area contributed by atoms with Crippen LogP contribution in [0.15, 0.2) is 0 Å². The Labute approximate surface area is 80.4 Å². The van der Waals surface area contributed by atoms with E-state index in [2.05, 4.69) is 17.1 Å². The van der Waals surface area contributed by atoms with Crippen LogP contribution in [-0.2, 0) is 4.74 Å². The molecule has 0 aromatic carbocycles. The number of rotatable bonds is 2. The van der Waals surface area contributed by atoms with Gasteiger partial charge in [0.2, 0.25) is 0 Å². The number of nitrogens with one attached hydrogen (secondary N) is 1. The fourth-order valence-electron chi connectivity index (χ4n) is 2.52. The van der Waals surface area contributed by atoms with Crippen molar-refractivity contribution in [2.75, 3.05) is 32.8 Å². The van der Waals surface area contributed by atoms with Crippen LogP contribution in [0.4, 0.5) is 0 Å². The van der Waals surface area contributed by atoms with E-state index in [1.807, 2.05) is 0 Å². The van der Waals surface area contributed by atoms with Gasteiger partial charge in [-0.05, 0) is 19.4 Å². The summed E-state index contributed by atoms with van der Waals surface area (Å²) in [7, 11) is 0. The van der Waals surface area contributed by atoms with E-state index in [-0.39, 0.29) is 0 Å². The van der Waals surface area contributed by atoms with Crippen LogP contribution >= 0.6 is 0 Å². The van der Waals surface area contributed by atoms with Gasteiger partial charge in [-0.25, -0.2) is 0 Å². The predicted molar refractivity (Wildman–Crippen MR) is 52.9 cm³/mol. The zero-order valence-corrected chi connectivity index (χ0v) is 8.46. The molecule has 2 saturated heterocycles. The molecule has 0 saturated carbocycles. The maximum atomic E-state index is 5.37. The van der Waals surface area contributed by atoms with E-state index in [1.54, 1.807) is 0 Å². The Morgan fingerprint density at radius 1 is 1.38 bits per heavy atom. The van der Waals surface area contributed by atoms with Gasteiger partial charge in [0.1, 0.15) is 0 Å². The van der Waals surface area contributed by atoms with E-state index in [4.69, 9.17) is 4.74 Å². The molecule has 0 aliphatic carbocycles. The highest BCUT2D eigenvalue weighted by Crippen LogP contribution is 2.18. The van der Waals surface area contributed by atoms with Crippen LogP contribution in [0.1, 0.15) is 19.8 Å². The fourth-order valence-corrected chi connectivity index (χ4v) is 2.52. The van der Waals surface area contributed by atoms with Crippen molar-refractivity contribution >= 4 is 0 Å². The normalized spacial score (nSPS) is 36.7. The molecule has 1 N–H and O–H groups in total. The molecule has 0 aromatic heterocycles. The summed E-state index contributed by atoms with van der Waals surface area (Å²) in [5.74, 6) is 0. The third-order valence-corrected chi connectivity index (χ3v) is 3.27. The second-order valence-corrected chi connectivity index (χ2v) is 3.97. The van der Waals surface area contributed by atoms with E-state index in [0.29, 0.717) is 0 Å². The summed E-state index contributed by atoms with van der Waals surface area (Å²) < 4.78 is 5.37. The molecule has 2 fully saturated rings. The molecule has 0 spiro atoms. The molecule has 0 radical (unpaired) electrons. The van der Waals surface area contributed by atoms with Crippen molar-refractivity contribution in [1.29, 1.82) is 0 Å². The first-order chi connectivity index (χ1) is 6.42. The minimum absolute atomic E-state index is 0.720. The van der Waals surface area contributed by atoms with Crippen molar-refractivity contribution in [3.05, 3.63) is 0 Å². The SMILES string of the molecule is CC[C@@H]1NCC[C@@H]1N1CCOCC1. The molecule has 0 bridgehead atoms. The van der Waals surface area contributed by atoms with Crippen LogP contribution in [0.5, 0.6) is 0 Å². The maximum absolute atomic E-state index is 5.37. The Morgan fingerprint density at radius 2 is 2.15 bits per heavy atom. The highest BCUT2D eigenvalue weighted by Gasteiger charge is 2.30. The Bertz CT molecular complexity index is 157. The number of morpholine rings is 1. The highest BCUT2D eigenvalue weighted by molar-refractivity contribution is 4.90. The first-order valence-corrected chi connectivity index (χ1v) is 5.47. The van der Waals surface area contributed by atoms with E-state index < -0.39 is 0 Å². The summed E-state index contributed by atoms with van der Waals surface area (Å²) in [6.45, 7) is 7.57. The zero-order valence-electron chi connectivity index (χ0n) is 8.46. The summed E-state index contributed by atoms with van der Waals surface area (Å²) in [6, 6.07) is 1.49. The van der Waals surface area contributed by atoms with E-state index >= 15 is 0 Å². The quantitative estimate of drug-likeness (QED) is 0.675. The van der Waals surface area contributed by atoms with Gasteiger partial charge in [0.05, 0.1) is 13.2 Å². The molecule has 76 valence electrons. The van der Waals surface area contributed by atoms with Gasteiger partial charge in [0, 0.05) is 25.2 Å². The lowest BCUT2D eigenvalue weighted by Crippen LogP contribution is -2.48. The van der Waals surface area contributed by atoms with Crippen LogP contribution in [-0.4, -0.2) is 49.8 Å². The largest absolute Gasteiger partial charge is 0.379 e. The van der Waals surface area contributed by atoms with Crippen LogP contribution in [0.2, 0.25) is 0 Å². The molecular weight excluding hydrogens is 164 g/mol. The number of nitrogens with zero attached hydrogens (tertiary/aromatic N) is 1. The van der Waals surface area contributed by atoms with Crippen molar-refractivity contribution in [2.24, 2.45) is 0 Å². The van der Waals surface area contributed by atoms with Crippen LogP contribution < -0.4 is 5.32 Å². The molecule has 2 rings (SSSR count). The third-order valence-electron chi connectivity index (χ3n) is 3.27. The minimum Gasteiger partial charge on any atom is -0.379 e. The molecule has 2 heterocycles. The van der Waals surface area contributed by atoms with Gasteiger partial charge in [-0.2, -0.15) is 0 Å². The van der Waals surface area contributed by atoms with Crippen LogP contribution in [0, 0.1) is 0 Å². The summed E-state index contributed by atoms with van der Waals surface area (Å²) in [5, 5.41) is 3.57. The summed E-state index contributed by atoms with van der Waals surface area (Å²) >= 11 is 0. The van der Waals surface area contributed by atoms with E-state index in [1.165, 1.54) is 19.4 Å². The number of ether oxygens (including phenoxy) is 1. The van der Waals surface area contributed by atoms with E-state index in [9.17, 15) is 0 Å². The Balaban J connectivity index is 1.90. The molecule has 2 atom stereocenters. The Morgan fingerprint density at radius 3 is 2.85 bits per heavy atom. The lowest BCUT2D eigenvalue weighted by molar-refractivity contribution is 0.0138. The number of hydrogen-bond donors (Lipinski definition) is 1. The van der Waals surface area contributed by atoms with Gasteiger partial charge in [0.15, 0.2) is 0 Å². The summed E-state index contributed by atoms with van der Waals surface area (Å²) in [5.41, 5.74) is 0. The maximum Gasteiger partial charge on any atom is 0.0594 e. The third kappa shape index (κ3) is 2.03. The topological polar surface area (TPSA) is 24.5 Å². The van der Waals surface area contributed by atoms with Crippen LogP contribution in [0.3, 0.4) is 0 Å². The lowest BCUT2D eigenvalue weighted by atomic mass is 10.1.